The van der Waals surface area contributed by atoms with E-state index in [0.717, 1.165) is 17.7 Å². The maximum atomic E-state index is 5.84. The van der Waals surface area contributed by atoms with E-state index in [2.05, 4.69) is 11.9 Å². The average Bonchev–Trinajstić information content (AvgIpc) is 2.33. The largest absolute Gasteiger partial charge is 0.475 e. The van der Waals surface area contributed by atoms with Crippen LogP contribution in [-0.2, 0) is 17.0 Å². The van der Waals surface area contributed by atoms with Gasteiger partial charge in [-0.05, 0) is 38.8 Å². The number of hydrogen-bond donors (Lipinski definition) is 0. The number of alkyl halides is 1. The van der Waals surface area contributed by atoms with E-state index >= 15 is 0 Å². The lowest BCUT2D eigenvalue weighted by atomic mass is 10.2. The van der Waals surface area contributed by atoms with Gasteiger partial charge < -0.3 is 9.47 Å². The molecule has 0 saturated heterocycles. The monoisotopic (exact) mass is 271 g/mol. The minimum atomic E-state index is -0.136. The minimum absolute atomic E-state index is 0.136. The molecule has 1 aromatic rings. The molecule has 1 rings (SSSR count). The van der Waals surface area contributed by atoms with Gasteiger partial charge in [-0.3, -0.25) is 0 Å². The molecular formula is C14H22ClNO2. The summed E-state index contributed by atoms with van der Waals surface area (Å²) < 4.78 is 11.2. The highest BCUT2D eigenvalue weighted by Gasteiger charge is 2.09. The van der Waals surface area contributed by atoms with Gasteiger partial charge in [0.2, 0.25) is 5.88 Å². The highest BCUT2D eigenvalue weighted by atomic mass is 35.5. The summed E-state index contributed by atoms with van der Waals surface area (Å²) >= 11 is 5.84. The van der Waals surface area contributed by atoms with Crippen molar-refractivity contribution < 1.29 is 9.47 Å². The predicted molar refractivity (Wildman–Crippen MR) is 74.4 cm³/mol. The number of nitrogens with zero attached hydrogens (tertiary/aromatic N) is 1. The van der Waals surface area contributed by atoms with Crippen molar-refractivity contribution in [3.8, 4) is 5.88 Å². The highest BCUT2D eigenvalue weighted by Crippen LogP contribution is 2.15. The van der Waals surface area contributed by atoms with Gasteiger partial charge in [0.1, 0.15) is 6.61 Å². The Morgan fingerprint density at radius 2 is 1.94 bits per heavy atom. The molecule has 0 aliphatic heterocycles. The molecule has 0 amide bonds. The summed E-state index contributed by atoms with van der Waals surface area (Å²) in [5.74, 6) is 1.10. The summed E-state index contributed by atoms with van der Waals surface area (Å²) in [5, 5.41) is 0. The Hall–Kier alpha value is -0.800. The summed E-state index contributed by atoms with van der Waals surface area (Å²) in [4.78, 5) is 4.40. The zero-order valence-corrected chi connectivity index (χ0v) is 12.4. The molecule has 0 aromatic carbocycles. The zero-order valence-electron chi connectivity index (χ0n) is 11.6. The van der Waals surface area contributed by atoms with Crippen molar-refractivity contribution in [3.63, 3.8) is 0 Å². The lowest BCUT2D eigenvalue weighted by Gasteiger charge is -2.19. The van der Waals surface area contributed by atoms with Gasteiger partial charge in [-0.25, -0.2) is 4.98 Å². The molecule has 0 aliphatic rings. The fraction of sp³-hybridized carbons (Fsp3) is 0.643. The number of rotatable bonds is 6. The van der Waals surface area contributed by atoms with E-state index < -0.39 is 0 Å². The molecule has 4 heteroatoms. The summed E-state index contributed by atoms with van der Waals surface area (Å²) in [6, 6.07) is 3.88. The molecule has 0 unspecified atom stereocenters. The van der Waals surface area contributed by atoms with Crippen LogP contribution in [0.5, 0.6) is 5.88 Å². The van der Waals surface area contributed by atoms with Crippen LogP contribution in [0.3, 0.4) is 0 Å². The first-order valence-corrected chi connectivity index (χ1v) is 6.80. The average molecular weight is 272 g/mol. The third-order valence-corrected chi connectivity index (χ3v) is 2.61. The lowest BCUT2D eigenvalue weighted by Crippen LogP contribution is -2.22. The van der Waals surface area contributed by atoms with Crippen molar-refractivity contribution in [3.05, 3.63) is 23.4 Å². The smallest absolute Gasteiger partial charge is 0.213 e. The van der Waals surface area contributed by atoms with Crippen molar-refractivity contribution in [1.29, 1.82) is 0 Å². The van der Waals surface area contributed by atoms with E-state index in [1.165, 1.54) is 0 Å². The van der Waals surface area contributed by atoms with Crippen LogP contribution in [0.25, 0.3) is 0 Å². The Kier molecular flexibility index (Phi) is 5.89. The molecule has 0 aliphatic carbocycles. The Morgan fingerprint density at radius 1 is 1.22 bits per heavy atom. The molecule has 0 N–H and O–H groups in total. The molecule has 0 spiro atoms. The number of aryl methyl sites for hydroxylation is 1. The molecule has 0 saturated carbocycles. The third kappa shape index (κ3) is 5.69. The van der Waals surface area contributed by atoms with Gasteiger partial charge in [0.05, 0.1) is 12.2 Å². The normalized spacial score (nSPS) is 11.6. The van der Waals surface area contributed by atoms with Gasteiger partial charge in [0.25, 0.3) is 0 Å². The Morgan fingerprint density at radius 3 is 2.50 bits per heavy atom. The summed E-state index contributed by atoms with van der Waals surface area (Å²) in [6.07, 6.45) is 0.875. The van der Waals surface area contributed by atoms with Crippen LogP contribution in [-0.4, -0.2) is 23.8 Å². The van der Waals surface area contributed by atoms with Gasteiger partial charge in [-0.2, -0.15) is 0 Å². The van der Waals surface area contributed by atoms with E-state index in [1.54, 1.807) is 0 Å². The fourth-order valence-electron chi connectivity index (χ4n) is 1.45. The number of aromatic nitrogens is 1. The SMILES string of the molecule is CCc1cc(CCl)cc(OCCOC(C)(C)C)n1. The standard InChI is InChI=1S/C14H22ClNO2/c1-5-12-8-11(10-15)9-13(16-12)17-6-7-18-14(2,3)4/h8-9H,5-7,10H2,1-4H3. The minimum Gasteiger partial charge on any atom is -0.475 e. The van der Waals surface area contributed by atoms with E-state index in [0.29, 0.717) is 25.0 Å². The molecule has 1 heterocycles. The lowest BCUT2D eigenvalue weighted by molar-refractivity contribution is -0.0168. The second kappa shape index (κ2) is 6.95. The van der Waals surface area contributed by atoms with Crippen LogP contribution in [0.15, 0.2) is 12.1 Å². The van der Waals surface area contributed by atoms with Crippen molar-refractivity contribution in [2.75, 3.05) is 13.2 Å². The summed E-state index contributed by atoms with van der Waals surface area (Å²) in [6.45, 7) is 9.18. The number of halogens is 1. The van der Waals surface area contributed by atoms with Crippen LogP contribution < -0.4 is 4.74 Å². The maximum Gasteiger partial charge on any atom is 0.213 e. The summed E-state index contributed by atoms with van der Waals surface area (Å²) in [5.41, 5.74) is 1.90. The van der Waals surface area contributed by atoms with Crippen molar-refractivity contribution >= 4 is 11.6 Å². The van der Waals surface area contributed by atoms with Crippen LogP contribution in [0, 0.1) is 0 Å². The second-order valence-corrected chi connectivity index (χ2v) is 5.37. The first-order chi connectivity index (χ1) is 8.44. The molecule has 102 valence electrons. The van der Waals surface area contributed by atoms with E-state index in [1.807, 2.05) is 32.9 Å². The molecule has 3 nitrogen and oxygen atoms in total. The van der Waals surface area contributed by atoms with Gasteiger partial charge in [-0.15, -0.1) is 11.6 Å². The van der Waals surface area contributed by atoms with Crippen LogP contribution in [0.4, 0.5) is 0 Å². The summed E-state index contributed by atoms with van der Waals surface area (Å²) in [7, 11) is 0. The molecule has 18 heavy (non-hydrogen) atoms. The van der Waals surface area contributed by atoms with Crippen LogP contribution in [0.1, 0.15) is 39.0 Å². The number of ether oxygens (including phenoxy) is 2. The second-order valence-electron chi connectivity index (χ2n) is 5.10. The quantitative estimate of drug-likeness (QED) is 0.585. The molecule has 0 fully saturated rings. The van der Waals surface area contributed by atoms with E-state index in [-0.39, 0.29) is 5.60 Å². The first kappa shape index (κ1) is 15.3. The highest BCUT2D eigenvalue weighted by molar-refractivity contribution is 6.17. The van der Waals surface area contributed by atoms with Gasteiger partial charge in [0.15, 0.2) is 0 Å². The van der Waals surface area contributed by atoms with Crippen molar-refractivity contribution in [1.82, 2.24) is 4.98 Å². The molecule has 0 radical (unpaired) electrons. The van der Waals surface area contributed by atoms with Crippen molar-refractivity contribution in [2.24, 2.45) is 0 Å². The maximum absolute atomic E-state index is 5.84. The fourth-order valence-corrected chi connectivity index (χ4v) is 1.60. The third-order valence-electron chi connectivity index (χ3n) is 2.30. The Bertz CT molecular complexity index is 352. The molecule has 0 bridgehead atoms. The van der Waals surface area contributed by atoms with Crippen LogP contribution in [0.2, 0.25) is 0 Å². The number of pyridine rings is 1. The van der Waals surface area contributed by atoms with Gasteiger partial charge in [0, 0.05) is 17.6 Å². The Balaban J connectivity index is 2.51. The molecule has 1 aromatic heterocycles. The zero-order chi connectivity index (χ0) is 13.6. The van der Waals surface area contributed by atoms with Gasteiger partial charge >= 0.3 is 0 Å². The Labute approximate surface area is 114 Å². The van der Waals surface area contributed by atoms with Gasteiger partial charge in [-0.1, -0.05) is 6.92 Å². The molecule has 0 atom stereocenters. The van der Waals surface area contributed by atoms with E-state index in [4.69, 9.17) is 21.1 Å². The van der Waals surface area contributed by atoms with Crippen LogP contribution >= 0.6 is 11.6 Å². The topological polar surface area (TPSA) is 31.4 Å². The number of hydrogen-bond acceptors (Lipinski definition) is 3. The molecular weight excluding hydrogens is 250 g/mol. The first-order valence-electron chi connectivity index (χ1n) is 6.27. The predicted octanol–water partition coefficient (Wildman–Crippen LogP) is 3.58. The van der Waals surface area contributed by atoms with E-state index in [9.17, 15) is 0 Å². The van der Waals surface area contributed by atoms with Crippen molar-refractivity contribution in [2.45, 2.75) is 45.6 Å².